The standard InChI is InChI=1S/C20H20N4O4S/c1-3-8-24-18(16-5-4-9-26-16)22-23-20(24)29-13(2)19(25)21-14-6-7-15-17(12-14)28-11-10-27-15/h3-7,9,12-13H,1,8,10-11H2,2H3,(H,21,25). The first-order valence-electron chi connectivity index (χ1n) is 9.11. The molecule has 1 N–H and O–H groups in total. The van der Waals surface area contributed by atoms with Gasteiger partial charge in [-0.2, -0.15) is 0 Å². The molecule has 0 radical (unpaired) electrons. The summed E-state index contributed by atoms with van der Waals surface area (Å²) in [7, 11) is 0. The number of nitrogens with one attached hydrogen (secondary N) is 1. The molecule has 1 aliphatic rings. The lowest BCUT2D eigenvalue weighted by Gasteiger charge is -2.19. The van der Waals surface area contributed by atoms with Crippen LogP contribution in [0.1, 0.15) is 6.92 Å². The van der Waals surface area contributed by atoms with Crippen LogP contribution in [-0.2, 0) is 11.3 Å². The molecule has 3 aromatic rings. The summed E-state index contributed by atoms with van der Waals surface area (Å²) in [4.78, 5) is 12.7. The van der Waals surface area contributed by atoms with Crippen LogP contribution < -0.4 is 14.8 Å². The highest BCUT2D eigenvalue weighted by Crippen LogP contribution is 2.33. The Morgan fingerprint density at radius 3 is 2.90 bits per heavy atom. The van der Waals surface area contributed by atoms with E-state index >= 15 is 0 Å². The Kier molecular flexibility index (Phi) is 5.57. The van der Waals surface area contributed by atoms with Crippen molar-refractivity contribution in [2.45, 2.75) is 23.9 Å². The van der Waals surface area contributed by atoms with Crippen LogP contribution in [0.5, 0.6) is 11.5 Å². The summed E-state index contributed by atoms with van der Waals surface area (Å²) in [6, 6.07) is 8.95. The number of hydrogen-bond donors (Lipinski definition) is 1. The molecule has 1 atom stereocenters. The van der Waals surface area contributed by atoms with Gasteiger partial charge in [0.25, 0.3) is 0 Å². The number of nitrogens with zero attached hydrogens (tertiary/aromatic N) is 3. The number of benzene rings is 1. The summed E-state index contributed by atoms with van der Waals surface area (Å²) in [6.45, 7) is 7.12. The summed E-state index contributed by atoms with van der Waals surface area (Å²) >= 11 is 1.32. The van der Waals surface area contributed by atoms with E-state index in [9.17, 15) is 4.79 Å². The first-order valence-corrected chi connectivity index (χ1v) is 9.99. The molecule has 0 saturated carbocycles. The van der Waals surface area contributed by atoms with Crippen LogP contribution in [0.3, 0.4) is 0 Å². The molecule has 9 heteroatoms. The number of anilines is 1. The van der Waals surface area contributed by atoms with Crippen molar-refractivity contribution >= 4 is 23.4 Å². The largest absolute Gasteiger partial charge is 0.486 e. The van der Waals surface area contributed by atoms with Gasteiger partial charge in [-0.05, 0) is 31.2 Å². The van der Waals surface area contributed by atoms with E-state index in [0.717, 1.165) is 0 Å². The van der Waals surface area contributed by atoms with Crippen LogP contribution in [0.4, 0.5) is 5.69 Å². The van der Waals surface area contributed by atoms with Crippen molar-refractivity contribution in [2.24, 2.45) is 0 Å². The summed E-state index contributed by atoms with van der Waals surface area (Å²) in [6.07, 6.45) is 3.33. The average molecular weight is 412 g/mol. The zero-order chi connectivity index (χ0) is 20.2. The van der Waals surface area contributed by atoms with E-state index < -0.39 is 5.25 Å². The van der Waals surface area contributed by atoms with Gasteiger partial charge in [0, 0.05) is 18.3 Å². The highest BCUT2D eigenvalue weighted by atomic mass is 32.2. The molecule has 0 fully saturated rings. The summed E-state index contributed by atoms with van der Waals surface area (Å²) in [5.74, 6) is 2.36. The number of ether oxygens (including phenoxy) is 2. The quantitative estimate of drug-likeness (QED) is 0.468. The fraction of sp³-hybridized carbons (Fsp3) is 0.250. The molecule has 1 aromatic carbocycles. The lowest BCUT2D eigenvalue weighted by Crippen LogP contribution is -2.23. The Bertz CT molecular complexity index is 1020. The predicted octanol–water partition coefficient (Wildman–Crippen LogP) is 3.61. The summed E-state index contributed by atoms with van der Waals surface area (Å²) in [5.41, 5.74) is 0.649. The third-order valence-corrected chi connectivity index (χ3v) is 5.31. The number of amides is 1. The molecule has 0 aliphatic carbocycles. The van der Waals surface area contributed by atoms with Crippen LogP contribution in [0.2, 0.25) is 0 Å². The predicted molar refractivity (Wildman–Crippen MR) is 109 cm³/mol. The smallest absolute Gasteiger partial charge is 0.237 e. The molecule has 0 bridgehead atoms. The van der Waals surface area contributed by atoms with Gasteiger partial charge in [-0.3, -0.25) is 9.36 Å². The molecule has 1 unspecified atom stereocenters. The van der Waals surface area contributed by atoms with E-state index in [4.69, 9.17) is 13.9 Å². The van der Waals surface area contributed by atoms with Crippen LogP contribution in [-0.4, -0.2) is 39.1 Å². The Balaban J connectivity index is 1.47. The van der Waals surface area contributed by atoms with Crippen LogP contribution in [0.25, 0.3) is 11.6 Å². The molecule has 150 valence electrons. The van der Waals surface area contributed by atoms with Crippen molar-refractivity contribution in [1.82, 2.24) is 14.8 Å². The number of fused-ring (bicyclic) bond motifs is 1. The second-order valence-corrected chi connectivity index (χ2v) is 7.60. The first-order chi connectivity index (χ1) is 14.2. The fourth-order valence-corrected chi connectivity index (χ4v) is 3.69. The van der Waals surface area contributed by atoms with E-state index in [1.807, 2.05) is 17.6 Å². The normalized spacial score (nSPS) is 13.7. The van der Waals surface area contributed by atoms with Gasteiger partial charge in [0.1, 0.15) is 13.2 Å². The molecule has 1 aliphatic heterocycles. The lowest BCUT2D eigenvalue weighted by molar-refractivity contribution is -0.115. The zero-order valence-corrected chi connectivity index (χ0v) is 16.6. The third-order valence-electron chi connectivity index (χ3n) is 4.23. The lowest BCUT2D eigenvalue weighted by atomic mass is 10.2. The van der Waals surface area contributed by atoms with Gasteiger partial charge >= 0.3 is 0 Å². The molecule has 3 heterocycles. The molecule has 8 nitrogen and oxygen atoms in total. The second-order valence-electron chi connectivity index (χ2n) is 6.29. The zero-order valence-electron chi connectivity index (χ0n) is 15.8. The highest BCUT2D eigenvalue weighted by molar-refractivity contribution is 8.00. The number of allylic oxidation sites excluding steroid dienone is 1. The van der Waals surface area contributed by atoms with Crippen molar-refractivity contribution in [3.63, 3.8) is 0 Å². The van der Waals surface area contributed by atoms with E-state index in [0.29, 0.717) is 53.7 Å². The van der Waals surface area contributed by atoms with Gasteiger partial charge in [-0.25, -0.2) is 0 Å². The van der Waals surface area contributed by atoms with Gasteiger partial charge in [-0.15, -0.1) is 16.8 Å². The van der Waals surface area contributed by atoms with E-state index in [1.165, 1.54) is 11.8 Å². The minimum absolute atomic E-state index is 0.153. The van der Waals surface area contributed by atoms with Crippen LogP contribution in [0.15, 0.2) is 58.8 Å². The van der Waals surface area contributed by atoms with Crippen molar-refractivity contribution in [1.29, 1.82) is 0 Å². The van der Waals surface area contributed by atoms with Gasteiger partial charge in [-0.1, -0.05) is 17.8 Å². The maximum absolute atomic E-state index is 12.7. The van der Waals surface area contributed by atoms with E-state index in [2.05, 4.69) is 22.1 Å². The minimum Gasteiger partial charge on any atom is -0.486 e. The number of aromatic nitrogens is 3. The van der Waals surface area contributed by atoms with E-state index in [-0.39, 0.29) is 5.91 Å². The molecule has 2 aromatic heterocycles. The fourth-order valence-electron chi connectivity index (χ4n) is 2.83. The molecule has 0 spiro atoms. The molecular weight excluding hydrogens is 392 g/mol. The molecule has 29 heavy (non-hydrogen) atoms. The molecular formula is C20H20N4O4S. The van der Waals surface area contributed by atoms with Gasteiger partial charge in [0.05, 0.1) is 11.5 Å². The summed E-state index contributed by atoms with van der Waals surface area (Å²) in [5, 5.41) is 11.6. The second kappa shape index (κ2) is 8.44. The number of rotatable bonds is 7. The monoisotopic (exact) mass is 412 g/mol. The average Bonchev–Trinajstić information content (AvgIpc) is 3.38. The Morgan fingerprint density at radius 2 is 2.14 bits per heavy atom. The third kappa shape index (κ3) is 4.14. The van der Waals surface area contributed by atoms with Crippen LogP contribution >= 0.6 is 11.8 Å². The topological polar surface area (TPSA) is 91.4 Å². The van der Waals surface area contributed by atoms with E-state index in [1.54, 1.807) is 36.6 Å². The first kappa shape index (κ1) is 19.1. The van der Waals surface area contributed by atoms with Crippen molar-refractivity contribution in [2.75, 3.05) is 18.5 Å². The molecule has 0 saturated heterocycles. The number of hydrogen-bond acceptors (Lipinski definition) is 7. The van der Waals surface area contributed by atoms with Crippen LogP contribution in [0, 0.1) is 0 Å². The maximum Gasteiger partial charge on any atom is 0.237 e. The number of carbonyl (C=O) groups is 1. The van der Waals surface area contributed by atoms with Gasteiger partial charge in [0.15, 0.2) is 22.4 Å². The highest BCUT2D eigenvalue weighted by Gasteiger charge is 2.22. The number of thioether (sulfide) groups is 1. The van der Waals surface area contributed by atoms with Gasteiger partial charge in [0.2, 0.25) is 11.7 Å². The van der Waals surface area contributed by atoms with Crippen molar-refractivity contribution in [3.8, 4) is 23.1 Å². The molecule has 1 amide bonds. The number of carbonyl (C=O) groups excluding carboxylic acids is 1. The van der Waals surface area contributed by atoms with Crippen molar-refractivity contribution < 1.29 is 18.7 Å². The van der Waals surface area contributed by atoms with Crippen molar-refractivity contribution in [3.05, 3.63) is 49.2 Å². The molecule has 4 rings (SSSR count). The number of furan rings is 1. The maximum atomic E-state index is 12.7. The minimum atomic E-state index is -0.402. The Morgan fingerprint density at radius 1 is 1.31 bits per heavy atom. The Labute approximate surface area is 171 Å². The van der Waals surface area contributed by atoms with Gasteiger partial charge < -0.3 is 19.2 Å². The Hall–Kier alpha value is -3.20. The summed E-state index contributed by atoms with van der Waals surface area (Å²) < 4.78 is 18.4. The SMILES string of the molecule is C=CCn1c(SC(C)C(=O)Nc2ccc3c(c2)OCCO3)nnc1-c1ccco1.